The molecule has 3 atom stereocenters. The fourth-order valence-electron chi connectivity index (χ4n) is 4.38. The number of aryl methyl sites for hydroxylation is 1. The molecule has 2 heterocycles. The Morgan fingerprint density at radius 1 is 1.18 bits per heavy atom. The van der Waals surface area contributed by atoms with Gasteiger partial charge in [0.1, 0.15) is 5.01 Å². The zero-order valence-corrected chi connectivity index (χ0v) is 15.2. The third kappa shape index (κ3) is 2.59. The zero-order valence-electron chi connectivity index (χ0n) is 12.7. The minimum atomic E-state index is 0.159. The summed E-state index contributed by atoms with van der Waals surface area (Å²) in [6, 6.07) is 0. The Bertz CT molecular complexity index is 554. The van der Waals surface area contributed by atoms with E-state index in [2.05, 4.69) is 39.0 Å². The molecule has 22 heavy (non-hydrogen) atoms. The molecule has 1 unspecified atom stereocenters. The van der Waals surface area contributed by atoms with Crippen molar-refractivity contribution in [3.8, 4) is 0 Å². The number of aromatic nitrogens is 2. The van der Waals surface area contributed by atoms with Gasteiger partial charge in [-0.2, -0.15) is 0 Å². The first-order valence-electron chi connectivity index (χ1n) is 8.06. The fourth-order valence-corrected chi connectivity index (χ4v) is 8.91. The summed E-state index contributed by atoms with van der Waals surface area (Å²) < 4.78 is 0.439. The molecule has 4 nitrogen and oxygen atoms in total. The van der Waals surface area contributed by atoms with Crippen LogP contribution in [0.15, 0.2) is 0 Å². The molecule has 1 N–H and O–H groups in total. The molecule has 1 amide bonds. The van der Waals surface area contributed by atoms with Gasteiger partial charge in [-0.25, -0.2) is 0 Å². The summed E-state index contributed by atoms with van der Waals surface area (Å²) in [6.45, 7) is 1.91. The molecule has 1 aromatic rings. The number of carbonyl (C=O) groups is 1. The summed E-state index contributed by atoms with van der Waals surface area (Å²) in [7, 11) is 0. The lowest BCUT2D eigenvalue weighted by atomic mass is 9.67. The highest BCUT2D eigenvalue weighted by Crippen LogP contribution is 2.64. The quantitative estimate of drug-likeness (QED) is 0.875. The third-order valence-corrected chi connectivity index (χ3v) is 10.0. The van der Waals surface area contributed by atoms with Crippen molar-refractivity contribution in [1.82, 2.24) is 10.2 Å². The number of anilines is 1. The van der Waals surface area contributed by atoms with E-state index in [0.29, 0.717) is 21.0 Å². The maximum atomic E-state index is 12.6. The summed E-state index contributed by atoms with van der Waals surface area (Å²) in [5.74, 6) is 4.33. The van der Waals surface area contributed by atoms with Gasteiger partial charge in [-0.05, 0) is 44.4 Å². The van der Waals surface area contributed by atoms with E-state index >= 15 is 0 Å². The van der Waals surface area contributed by atoms with Gasteiger partial charge >= 0.3 is 0 Å². The Kier molecular flexibility index (Phi) is 4.15. The smallest absolute Gasteiger partial charge is 0.229 e. The third-order valence-electron chi connectivity index (χ3n) is 5.25. The Morgan fingerprint density at radius 3 is 2.45 bits per heavy atom. The van der Waals surface area contributed by atoms with Crippen LogP contribution in [0.5, 0.6) is 0 Å². The van der Waals surface area contributed by atoms with Crippen LogP contribution < -0.4 is 5.32 Å². The molecule has 120 valence electrons. The maximum Gasteiger partial charge on any atom is 0.229 e. The van der Waals surface area contributed by atoms with Crippen LogP contribution in [-0.4, -0.2) is 31.7 Å². The van der Waals surface area contributed by atoms with Gasteiger partial charge in [-0.15, -0.1) is 33.7 Å². The Labute approximate surface area is 143 Å². The molecular weight excluding hydrogens is 334 g/mol. The number of amides is 1. The number of thioether (sulfide) groups is 2. The van der Waals surface area contributed by atoms with Crippen molar-refractivity contribution in [2.24, 2.45) is 17.8 Å². The second-order valence-corrected chi connectivity index (χ2v) is 10.7. The van der Waals surface area contributed by atoms with E-state index in [1.165, 1.54) is 42.1 Å². The van der Waals surface area contributed by atoms with Crippen molar-refractivity contribution in [3.05, 3.63) is 5.01 Å². The normalized spacial score (nSPS) is 33.0. The lowest BCUT2D eigenvalue weighted by molar-refractivity contribution is -0.122. The summed E-state index contributed by atoms with van der Waals surface area (Å²) >= 11 is 5.84. The molecule has 7 heteroatoms. The monoisotopic (exact) mass is 355 g/mol. The summed E-state index contributed by atoms with van der Waals surface area (Å²) in [6.07, 6.45) is 6.07. The standard InChI is InChI=1S/C15H21N3OS3/c1-9-17-18-14(22-9)16-13(19)10-7-11-3-2-4-12(8-10)15(11)20-5-6-21-15/h10-12H,2-8H2,1H3,(H,16,18,19)/t10?,11-,12+. The summed E-state index contributed by atoms with van der Waals surface area (Å²) in [5.41, 5.74) is 0. The van der Waals surface area contributed by atoms with Gasteiger partial charge in [0, 0.05) is 17.4 Å². The minimum absolute atomic E-state index is 0.159. The van der Waals surface area contributed by atoms with Crippen LogP contribution >= 0.6 is 34.9 Å². The highest BCUT2D eigenvalue weighted by atomic mass is 32.2. The fraction of sp³-hybridized carbons (Fsp3) is 0.800. The van der Waals surface area contributed by atoms with Crippen LogP contribution in [-0.2, 0) is 4.79 Å². The van der Waals surface area contributed by atoms with Gasteiger partial charge in [-0.1, -0.05) is 17.8 Å². The number of nitrogens with zero attached hydrogens (tertiary/aromatic N) is 2. The number of hydrogen-bond acceptors (Lipinski definition) is 6. The second-order valence-electron chi connectivity index (χ2n) is 6.53. The average molecular weight is 356 g/mol. The van der Waals surface area contributed by atoms with E-state index in [1.54, 1.807) is 0 Å². The Balaban J connectivity index is 1.47. The van der Waals surface area contributed by atoms with Crippen molar-refractivity contribution in [3.63, 3.8) is 0 Å². The van der Waals surface area contributed by atoms with E-state index in [4.69, 9.17) is 0 Å². The molecule has 3 aliphatic rings. The first kappa shape index (κ1) is 15.3. The van der Waals surface area contributed by atoms with Crippen molar-refractivity contribution >= 4 is 45.9 Å². The van der Waals surface area contributed by atoms with Crippen molar-refractivity contribution in [1.29, 1.82) is 0 Å². The van der Waals surface area contributed by atoms with Crippen molar-refractivity contribution in [2.45, 2.75) is 43.1 Å². The van der Waals surface area contributed by atoms with Crippen LogP contribution in [0.25, 0.3) is 0 Å². The summed E-state index contributed by atoms with van der Waals surface area (Å²) in [4.78, 5) is 12.6. The predicted molar refractivity (Wildman–Crippen MR) is 94.5 cm³/mol. The zero-order chi connectivity index (χ0) is 15.2. The van der Waals surface area contributed by atoms with Gasteiger partial charge in [0.2, 0.25) is 11.0 Å². The average Bonchev–Trinajstić information content (AvgIpc) is 3.09. The lowest BCUT2D eigenvalue weighted by Crippen LogP contribution is -2.48. The van der Waals surface area contributed by atoms with Crippen LogP contribution in [0.1, 0.15) is 37.1 Å². The van der Waals surface area contributed by atoms with E-state index in [-0.39, 0.29) is 11.8 Å². The maximum absolute atomic E-state index is 12.6. The first-order valence-corrected chi connectivity index (χ1v) is 10.8. The van der Waals surface area contributed by atoms with Crippen LogP contribution in [0, 0.1) is 24.7 Å². The molecular formula is C15H21N3OS3. The molecule has 4 rings (SSSR count). The molecule has 2 aliphatic carbocycles. The molecule has 1 aliphatic heterocycles. The first-order chi connectivity index (χ1) is 10.7. The largest absolute Gasteiger partial charge is 0.300 e. The lowest BCUT2D eigenvalue weighted by Gasteiger charge is -2.51. The number of nitrogens with one attached hydrogen (secondary N) is 1. The van der Waals surface area contributed by atoms with Gasteiger partial charge < -0.3 is 5.32 Å². The highest BCUT2D eigenvalue weighted by Gasteiger charge is 2.55. The van der Waals surface area contributed by atoms with Crippen molar-refractivity contribution < 1.29 is 4.79 Å². The SMILES string of the molecule is Cc1nnc(NC(=O)C2C[C@H]3CCC[C@@H](C2)C32SCCS2)s1. The molecule has 0 radical (unpaired) electrons. The van der Waals surface area contributed by atoms with Crippen LogP contribution in [0.3, 0.4) is 0 Å². The van der Waals surface area contributed by atoms with E-state index < -0.39 is 0 Å². The number of carbonyl (C=O) groups excluding carboxylic acids is 1. The van der Waals surface area contributed by atoms with E-state index in [0.717, 1.165) is 17.8 Å². The van der Waals surface area contributed by atoms with Crippen molar-refractivity contribution in [2.75, 3.05) is 16.8 Å². The molecule has 3 fully saturated rings. The summed E-state index contributed by atoms with van der Waals surface area (Å²) in [5, 5.41) is 12.5. The predicted octanol–water partition coefficient (Wildman–Crippen LogP) is 3.79. The number of hydrogen-bond donors (Lipinski definition) is 1. The molecule has 1 saturated heterocycles. The molecule has 1 aromatic heterocycles. The topological polar surface area (TPSA) is 54.9 Å². The number of rotatable bonds is 2. The van der Waals surface area contributed by atoms with Gasteiger partial charge in [0.15, 0.2) is 0 Å². The Hall–Kier alpha value is -0.270. The minimum Gasteiger partial charge on any atom is -0.300 e. The molecule has 0 aromatic carbocycles. The van der Waals surface area contributed by atoms with Crippen LogP contribution in [0.4, 0.5) is 5.13 Å². The van der Waals surface area contributed by atoms with Gasteiger partial charge in [0.25, 0.3) is 0 Å². The molecule has 2 bridgehead atoms. The highest BCUT2D eigenvalue weighted by molar-refractivity contribution is 8.21. The van der Waals surface area contributed by atoms with Crippen LogP contribution in [0.2, 0.25) is 0 Å². The van der Waals surface area contributed by atoms with Gasteiger partial charge in [0.05, 0.1) is 4.08 Å². The molecule has 1 spiro atoms. The molecule has 2 saturated carbocycles. The van der Waals surface area contributed by atoms with Gasteiger partial charge in [-0.3, -0.25) is 4.79 Å². The Morgan fingerprint density at radius 2 is 1.86 bits per heavy atom. The van der Waals surface area contributed by atoms with E-state index in [9.17, 15) is 4.79 Å². The van der Waals surface area contributed by atoms with E-state index in [1.807, 2.05) is 6.92 Å². The second kappa shape index (κ2) is 5.98.